The van der Waals surface area contributed by atoms with E-state index in [4.69, 9.17) is 0 Å². The van der Waals surface area contributed by atoms with E-state index in [2.05, 4.69) is 41.6 Å². The van der Waals surface area contributed by atoms with E-state index < -0.39 is 0 Å². The van der Waals surface area contributed by atoms with Gasteiger partial charge in [-0.1, -0.05) is 46.8 Å². The van der Waals surface area contributed by atoms with Crippen LogP contribution in [0.25, 0.3) is 5.69 Å². The van der Waals surface area contributed by atoms with Crippen LogP contribution in [0, 0.1) is 12.3 Å². The van der Waals surface area contributed by atoms with Crippen molar-refractivity contribution in [3.05, 3.63) is 47.3 Å². The van der Waals surface area contributed by atoms with Crippen molar-refractivity contribution in [2.45, 2.75) is 47.5 Å². The van der Waals surface area contributed by atoms with Crippen LogP contribution in [0.15, 0.2) is 35.4 Å². The predicted octanol–water partition coefficient (Wildman–Crippen LogP) is 4.07. The number of amides is 1. The number of nitrogens with zero attached hydrogens (tertiary/aromatic N) is 3. The Hall–Kier alpha value is -2.43. The summed E-state index contributed by atoms with van der Waals surface area (Å²) in [6.07, 6.45) is 1.71. The number of carbonyl (C=O) groups excluding carboxylic acids is 1. The van der Waals surface area contributed by atoms with Crippen LogP contribution in [0.4, 0.5) is 0 Å². The summed E-state index contributed by atoms with van der Waals surface area (Å²) in [4.78, 5) is 12.2. The quantitative estimate of drug-likeness (QED) is 0.680. The summed E-state index contributed by atoms with van der Waals surface area (Å²) in [6.45, 7) is 12.3. The van der Waals surface area contributed by atoms with Gasteiger partial charge in [0.25, 0.3) is 5.91 Å². The molecule has 0 aliphatic heterocycles. The fraction of sp³-hybridized carbons (Fsp3) is 0.421. The minimum atomic E-state index is -0.309. The van der Waals surface area contributed by atoms with E-state index in [1.807, 2.05) is 39.8 Å². The number of carbonyl (C=O) groups is 1. The highest BCUT2D eigenvalue weighted by molar-refractivity contribution is 5.92. The standard InChI is InChI=1S/C19H26N4O/c1-13(2)15-7-9-16(10-8-15)23-14(3)11-17(22-23)18(24)21-20-12-19(4,5)6/h7-13H,1-6H3,(H,21,24)/b20-12+. The van der Waals surface area contributed by atoms with Crippen LogP contribution in [0.5, 0.6) is 0 Å². The summed E-state index contributed by atoms with van der Waals surface area (Å²) in [7, 11) is 0. The predicted molar refractivity (Wildman–Crippen MR) is 97.8 cm³/mol. The van der Waals surface area contributed by atoms with Gasteiger partial charge in [-0.25, -0.2) is 10.1 Å². The highest BCUT2D eigenvalue weighted by Gasteiger charge is 2.13. The molecule has 2 rings (SSSR count). The van der Waals surface area contributed by atoms with Crippen molar-refractivity contribution in [3.63, 3.8) is 0 Å². The molecule has 0 radical (unpaired) electrons. The lowest BCUT2D eigenvalue weighted by Crippen LogP contribution is -2.20. The zero-order chi connectivity index (χ0) is 17.9. The number of aromatic nitrogens is 2. The Morgan fingerprint density at radius 2 is 1.88 bits per heavy atom. The van der Waals surface area contributed by atoms with Gasteiger partial charge in [0, 0.05) is 11.9 Å². The molecule has 0 atom stereocenters. The van der Waals surface area contributed by atoms with E-state index in [9.17, 15) is 4.79 Å². The van der Waals surface area contributed by atoms with Crippen molar-refractivity contribution in [1.29, 1.82) is 0 Å². The second-order valence-corrected chi connectivity index (χ2v) is 7.39. The van der Waals surface area contributed by atoms with Gasteiger partial charge in [-0.05, 0) is 42.0 Å². The van der Waals surface area contributed by atoms with E-state index in [0.29, 0.717) is 11.6 Å². The molecule has 24 heavy (non-hydrogen) atoms. The van der Waals surface area contributed by atoms with Gasteiger partial charge >= 0.3 is 0 Å². The van der Waals surface area contributed by atoms with Gasteiger partial charge < -0.3 is 0 Å². The lowest BCUT2D eigenvalue weighted by molar-refractivity contribution is 0.0949. The largest absolute Gasteiger partial charge is 0.291 e. The topological polar surface area (TPSA) is 59.3 Å². The summed E-state index contributed by atoms with van der Waals surface area (Å²) < 4.78 is 1.77. The molecular formula is C19H26N4O. The molecule has 0 aliphatic carbocycles. The van der Waals surface area contributed by atoms with Crippen molar-refractivity contribution in [2.24, 2.45) is 10.5 Å². The Balaban J connectivity index is 2.17. The summed E-state index contributed by atoms with van der Waals surface area (Å²) in [5.74, 6) is 0.177. The molecule has 0 fully saturated rings. The van der Waals surface area contributed by atoms with Crippen molar-refractivity contribution < 1.29 is 4.79 Å². The maximum absolute atomic E-state index is 12.2. The van der Waals surface area contributed by atoms with Crippen LogP contribution in [0.3, 0.4) is 0 Å². The van der Waals surface area contributed by atoms with Crippen LogP contribution in [0.2, 0.25) is 0 Å². The van der Waals surface area contributed by atoms with Crippen molar-refractivity contribution in [3.8, 4) is 5.69 Å². The number of aryl methyl sites for hydroxylation is 1. The molecule has 1 aromatic heterocycles. The highest BCUT2D eigenvalue weighted by atomic mass is 16.2. The Bertz CT molecular complexity index is 734. The second kappa shape index (κ2) is 6.99. The number of hydrogen-bond donors (Lipinski definition) is 1. The van der Waals surface area contributed by atoms with Crippen LogP contribution in [0.1, 0.15) is 62.3 Å². The number of benzene rings is 1. The lowest BCUT2D eigenvalue weighted by Gasteiger charge is -2.09. The van der Waals surface area contributed by atoms with Crippen molar-refractivity contribution in [2.75, 3.05) is 0 Å². The average molecular weight is 326 g/mol. The summed E-state index contributed by atoms with van der Waals surface area (Å²) >= 11 is 0. The minimum absolute atomic E-state index is 0.0826. The van der Waals surface area contributed by atoms with Gasteiger partial charge in [0.05, 0.1) is 5.69 Å². The van der Waals surface area contributed by atoms with E-state index in [1.54, 1.807) is 17.0 Å². The number of rotatable bonds is 4. The van der Waals surface area contributed by atoms with Crippen LogP contribution in [-0.4, -0.2) is 21.9 Å². The first-order valence-corrected chi connectivity index (χ1v) is 8.19. The summed E-state index contributed by atoms with van der Waals surface area (Å²) in [5, 5.41) is 8.39. The van der Waals surface area contributed by atoms with Gasteiger partial charge in [0.15, 0.2) is 5.69 Å². The van der Waals surface area contributed by atoms with E-state index in [1.165, 1.54) is 5.56 Å². The maximum atomic E-state index is 12.2. The first-order valence-electron chi connectivity index (χ1n) is 8.19. The monoisotopic (exact) mass is 326 g/mol. The van der Waals surface area contributed by atoms with Gasteiger partial charge in [-0.3, -0.25) is 4.79 Å². The molecule has 0 bridgehead atoms. The third kappa shape index (κ3) is 4.54. The van der Waals surface area contributed by atoms with E-state index >= 15 is 0 Å². The zero-order valence-corrected chi connectivity index (χ0v) is 15.3. The number of nitrogens with one attached hydrogen (secondary N) is 1. The zero-order valence-electron chi connectivity index (χ0n) is 15.3. The van der Waals surface area contributed by atoms with Crippen LogP contribution in [-0.2, 0) is 0 Å². The third-order valence-corrected chi connectivity index (χ3v) is 3.54. The first-order chi connectivity index (χ1) is 11.2. The molecule has 0 spiro atoms. The van der Waals surface area contributed by atoms with Gasteiger partial charge in [0.1, 0.15) is 0 Å². The molecule has 0 aliphatic rings. The SMILES string of the molecule is Cc1cc(C(=O)N/N=C/C(C)(C)C)nn1-c1ccc(C(C)C)cc1. The van der Waals surface area contributed by atoms with Gasteiger partial charge in [0.2, 0.25) is 0 Å². The minimum Gasteiger partial charge on any atom is -0.265 e. The van der Waals surface area contributed by atoms with Crippen LogP contribution >= 0.6 is 0 Å². The van der Waals surface area contributed by atoms with E-state index in [0.717, 1.165) is 11.4 Å². The third-order valence-electron chi connectivity index (χ3n) is 3.54. The molecular weight excluding hydrogens is 300 g/mol. The molecule has 2 aromatic rings. The van der Waals surface area contributed by atoms with Gasteiger partial charge in [-0.15, -0.1) is 0 Å². The fourth-order valence-electron chi connectivity index (χ4n) is 2.19. The Kier molecular flexibility index (Phi) is 5.22. The number of hydrazone groups is 1. The Morgan fingerprint density at radius 1 is 1.25 bits per heavy atom. The maximum Gasteiger partial charge on any atom is 0.291 e. The normalized spacial score (nSPS) is 12.1. The average Bonchev–Trinajstić information content (AvgIpc) is 2.88. The molecule has 5 nitrogen and oxygen atoms in total. The van der Waals surface area contributed by atoms with Crippen LogP contribution < -0.4 is 5.43 Å². The summed E-state index contributed by atoms with van der Waals surface area (Å²) in [6, 6.07) is 9.99. The number of hydrogen-bond acceptors (Lipinski definition) is 3. The molecule has 0 unspecified atom stereocenters. The molecule has 1 amide bonds. The Labute approximate surface area is 143 Å². The molecule has 5 heteroatoms. The molecule has 0 saturated carbocycles. The summed E-state index contributed by atoms with van der Waals surface area (Å²) in [5.41, 5.74) is 5.91. The lowest BCUT2D eigenvalue weighted by atomic mass is 9.99. The van der Waals surface area contributed by atoms with Crippen molar-refractivity contribution >= 4 is 12.1 Å². The molecule has 0 saturated heterocycles. The van der Waals surface area contributed by atoms with Gasteiger partial charge in [-0.2, -0.15) is 10.2 Å². The van der Waals surface area contributed by atoms with E-state index in [-0.39, 0.29) is 11.3 Å². The highest BCUT2D eigenvalue weighted by Crippen LogP contribution is 2.18. The second-order valence-electron chi connectivity index (χ2n) is 7.39. The Morgan fingerprint density at radius 3 is 2.42 bits per heavy atom. The first kappa shape index (κ1) is 17.9. The molecule has 1 N–H and O–H groups in total. The van der Waals surface area contributed by atoms with Crippen molar-refractivity contribution in [1.82, 2.24) is 15.2 Å². The molecule has 128 valence electrons. The fourth-order valence-corrected chi connectivity index (χ4v) is 2.19. The smallest absolute Gasteiger partial charge is 0.265 e. The molecule has 1 heterocycles. The molecule has 1 aromatic carbocycles.